The average Bonchev–Trinajstić information content (AvgIpc) is 3.02. The average molecular weight is 333 g/mol. The maximum atomic E-state index is 13.1. The Bertz CT molecular complexity index is 1020. The number of nitrogens with zero attached hydrogens (tertiary/aromatic N) is 3. The fraction of sp³-hybridized carbons (Fsp3) is 0.105. The summed E-state index contributed by atoms with van der Waals surface area (Å²) >= 11 is 0. The van der Waals surface area contributed by atoms with Gasteiger partial charge in [0.05, 0.1) is 5.52 Å². The summed E-state index contributed by atoms with van der Waals surface area (Å²) in [7, 11) is 0. The van der Waals surface area contributed by atoms with Crippen molar-refractivity contribution in [2.45, 2.75) is 13.3 Å². The molecular formula is C19H16FN5. The normalized spacial score (nSPS) is 11.0. The number of aromatic amines is 1. The van der Waals surface area contributed by atoms with E-state index in [-0.39, 0.29) is 5.82 Å². The summed E-state index contributed by atoms with van der Waals surface area (Å²) in [5.41, 5.74) is 2.77. The van der Waals surface area contributed by atoms with E-state index in [0.717, 1.165) is 22.2 Å². The van der Waals surface area contributed by atoms with E-state index in [2.05, 4.69) is 25.5 Å². The molecule has 2 aromatic carbocycles. The number of anilines is 2. The van der Waals surface area contributed by atoms with Crippen molar-refractivity contribution in [2.24, 2.45) is 0 Å². The van der Waals surface area contributed by atoms with E-state index in [4.69, 9.17) is 0 Å². The molecule has 0 fully saturated rings. The van der Waals surface area contributed by atoms with Crippen LogP contribution < -0.4 is 5.32 Å². The molecule has 0 aliphatic carbocycles. The number of nitrogens with one attached hydrogen (secondary N) is 2. The molecule has 0 radical (unpaired) electrons. The van der Waals surface area contributed by atoms with Crippen molar-refractivity contribution in [2.75, 3.05) is 5.32 Å². The highest BCUT2D eigenvalue weighted by molar-refractivity contribution is 5.90. The minimum atomic E-state index is -0.251. The van der Waals surface area contributed by atoms with Crippen LogP contribution in [0.3, 0.4) is 0 Å². The minimum absolute atomic E-state index is 0.251. The maximum absolute atomic E-state index is 13.1. The van der Waals surface area contributed by atoms with E-state index >= 15 is 0 Å². The zero-order chi connectivity index (χ0) is 17.2. The number of aromatic nitrogens is 4. The molecule has 0 bridgehead atoms. The zero-order valence-corrected chi connectivity index (χ0v) is 13.6. The van der Waals surface area contributed by atoms with Gasteiger partial charge in [0, 0.05) is 23.6 Å². The molecule has 2 aromatic heterocycles. The lowest BCUT2D eigenvalue weighted by Gasteiger charge is -2.09. The van der Waals surface area contributed by atoms with Crippen LogP contribution in [0, 0.1) is 12.7 Å². The first-order chi connectivity index (χ1) is 12.2. The van der Waals surface area contributed by atoms with E-state index < -0.39 is 0 Å². The maximum Gasteiger partial charge on any atom is 0.153 e. The van der Waals surface area contributed by atoms with Gasteiger partial charge in [-0.2, -0.15) is 5.10 Å². The lowest BCUT2D eigenvalue weighted by molar-refractivity contribution is 0.627. The highest BCUT2D eigenvalue weighted by atomic mass is 19.1. The fourth-order valence-electron chi connectivity index (χ4n) is 2.69. The quantitative estimate of drug-likeness (QED) is 0.589. The second-order valence-electron chi connectivity index (χ2n) is 5.87. The predicted octanol–water partition coefficient (Wildman–Crippen LogP) is 4.13. The molecule has 4 aromatic rings. The van der Waals surface area contributed by atoms with E-state index in [1.807, 2.05) is 37.3 Å². The summed E-state index contributed by atoms with van der Waals surface area (Å²) < 4.78 is 13.1. The van der Waals surface area contributed by atoms with Gasteiger partial charge in [-0.05, 0) is 36.8 Å². The number of hydrogen-bond donors (Lipinski definition) is 2. The van der Waals surface area contributed by atoms with Gasteiger partial charge in [0.1, 0.15) is 17.5 Å². The molecule has 6 heteroatoms. The Morgan fingerprint density at radius 2 is 1.84 bits per heavy atom. The summed E-state index contributed by atoms with van der Waals surface area (Å²) in [6.07, 6.45) is 0.527. The van der Waals surface area contributed by atoms with Crippen molar-refractivity contribution in [3.63, 3.8) is 0 Å². The van der Waals surface area contributed by atoms with Crippen molar-refractivity contribution in [3.8, 4) is 0 Å². The molecule has 0 aliphatic heterocycles. The smallest absolute Gasteiger partial charge is 0.153 e. The third-order valence-electron chi connectivity index (χ3n) is 3.88. The monoisotopic (exact) mass is 333 g/mol. The van der Waals surface area contributed by atoms with Gasteiger partial charge in [-0.15, -0.1) is 0 Å². The standard InChI is InChI=1S/C19H16FN5/c1-12-10-18(25-24-12)23-19-15-4-2-3-5-16(15)21-17(22-19)11-13-6-8-14(20)9-7-13/h2-10H,11H2,1H3,(H2,21,22,23,24,25). The molecule has 0 unspecified atom stereocenters. The third-order valence-corrected chi connectivity index (χ3v) is 3.88. The first-order valence-corrected chi connectivity index (χ1v) is 7.96. The van der Waals surface area contributed by atoms with Gasteiger partial charge < -0.3 is 5.32 Å². The van der Waals surface area contributed by atoms with Crippen molar-refractivity contribution in [1.82, 2.24) is 20.2 Å². The van der Waals surface area contributed by atoms with Crippen LogP contribution in [0.25, 0.3) is 10.9 Å². The predicted molar refractivity (Wildman–Crippen MR) is 95.4 cm³/mol. The van der Waals surface area contributed by atoms with Gasteiger partial charge in [0.25, 0.3) is 0 Å². The molecule has 124 valence electrons. The molecule has 0 spiro atoms. The van der Waals surface area contributed by atoms with Gasteiger partial charge in [-0.3, -0.25) is 5.10 Å². The Balaban J connectivity index is 1.73. The fourth-order valence-corrected chi connectivity index (χ4v) is 2.69. The van der Waals surface area contributed by atoms with Crippen LogP contribution in [0.4, 0.5) is 16.0 Å². The van der Waals surface area contributed by atoms with E-state index in [1.54, 1.807) is 12.1 Å². The minimum Gasteiger partial charge on any atom is -0.323 e. The summed E-state index contributed by atoms with van der Waals surface area (Å²) in [5.74, 6) is 1.82. The molecule has 0 saturated heterocycles. The molecular weight excluding hydrogens is 317 g/mol. The first-order valence-electron chi connectivity index (χ1n) is 7.96. The van der Waals surface area contributed by atoms with Crippen molar-refractivity contribution >= 4 is 22.5 Å². The van der Waals surface area contributed by atoms with Crippen molar-refractivity contribution < 1.29 is 4.39 Å². The summed E-state index contributed by atoms with van der Waals surface area (Å²) in [6.45, 7) is 1.94. The van der Waals surface area contributed by atoms with E-state index in [1.165, 1.54) is 12.1 Å². The summed E-state index contributed by atoms with van der Waals surface area (Å²) in [6, 6.07) is 16.1. The zero-order valence-electron chi connectivity index (χ0n) is 13.6. The number of aryl methyl sites for hydroxylation is 1. The van der Waals surface area contributed by atoms with Crippen LogP contribution in [0.5, 0.6) is 0 Å². The molecule has 2 heterocycles. The Morgan fingerprint density at radius 3 is 2.60 bits per heavy atom. The second-order valence-corrected chi connectivity index (χ2v) is 5.87. The molecule has 0 saturated carbocycles. The lowest BCUT2D eigenvalue weighted by atomic mass is 10.1. The molecule has 0 amide bonds. The van der Waals surface area contributed by atoms with Crippen LogP contribution in [-0.2, 0) is 6.42 Å². The Hall–Kier alpha value is -3.28. The van der Waals surface area contributed by atoms with Crippen molar-refractivity contribution in [1.29, 1.82) is 0 Å². The number of H-pyrrole nitrogens is 1. The van der Waals surface area contributed by atoms with Gasteiger partial charge in [-0.1, -0.05) is 24.3 Å². The molecule has 2 N–H and O–H groups in total. The number of benzene rings is 2. The SMILES string of the molecule is Cc1cc(Nc2nc(Cc3ccc(F)cc3)nc3ccccc23)n[nH]1. The highest BCUT2D eigenvalue weighted by Gasteiger charge is 2.10. The van der Waals surface area contributed by atoms with Crippen LogP contribution in [0.15, 0.2) is 54.6 Å². The number of halogens is 1. The third kappa shape index (κ3) is 3.33. The molecule has 25 heavy (non-hydrogen) atoms. The van der Waals surface area contributed by atoms with Crippen LogP contribution in [0.1, 0.15) is 17.1 Å². The molecule has 0 aliphatic rings. The van der Waals surface area contributed by atoms with Gasteiger partial charge in [0.2, 0.25) is 0 Å². The van der Waals surface area contributed by atoms with Gasteiger partial charge >= 0.3 is 0 Å². The van der Waals surface area contributed by atoms with E-state index in [9.17, 15) is 4.39 Å². The van der Waals surface area contributed by atoms with Crippen LogP contribution in [0.2, 0.25) is 0 Å². The van der Waals surface area contributed by atoms with Gasteiger partial charge in [0.15, 0.2) is 5.82 Å². The summed E-state index contributed by atoms with van der Waals surface area (Å²) in [4.78, 5) is 9.28. The lowest BCUT2D eigenvalue weighted by Crippen LogP contribution is -2.03. The molecule has 5 nitrogen and oxygen atoms in total. The Labute approximate surface area is 144 Å². The van der Waals surface area contributed by atoms with Crippen molar-refractivity contribution in [3.05, 3.63) is 77.5 Å². The Morgan fingerprint density at radius 1 is 1.04 bits per heavy atom. The van der Waals surface area contributed by atoms with Crippen LogP contribution >= 0.6 is 0 Å². The van der Waals surface area contributed by atoms with Gasteiger partial charge in [-0.25, -0.2) is 14.4 Å². The highest BCUT2D eigenvalue weighted by Crippen LogP contribution is 2.24. The molecule has 0 atom stereocenters. The number of fused-ring (bicyclic) bond motifs is 1. The first kappa shape index (κ1) is 15.3. The van der Waals surface area contributed by atoms with E-state index in [0.29, 0.717) is 23.9 Å². The number of para-hydroxylation sites is 1. The number of rotatable bonds is 4. The topological polar surface area (TPSA) is 66.5 Å². The Kier molecular flexibility index (Phi) is 3.85. The largest absolute Gasteiger partial charge is 0.323 e. The second kappa shape index (κ2) is 6.32. The number of hydrogen-bond acceptors (Lipinski definition) is 4. The van der Waals surface area contributed by atoms with Crippen LogP contribution in [-0.4, -0.2) is 20.2 Å². The molecule has 4 rings (SSSR count). The summed E-state index contributed by atoms with van der Waals surface area (Å²) in [5, 5.41) is 11.3.